The van der Waals surface area contributed by atoms with Gasteiger partial charge in [0.25, 0.3) is 0 Å². The number of aliphatic hydroxyl groups excluding tert-OH is 1. The molecule has 2 heterocycles. The summed E-state index contributed by atoms with van der Waals surface area (Å²) in [5, 5.41) is 13.6. The summed E-state index contributed by atoms with van der Waals surface area (Å²) >= 11 is 1.68. The number of ether oxygens (including phenoxy) is 1. The number of β-amino-alcohol motifs (C(OH)–C–C–N with tert-alkyl or cyclic N) is 1. The van der Waals surface area contributed by atoms with Gasteiger partial charge in [-0.3, -0.25) is 9.80 Å². The Hall–Kier alpha value is -2.25. The average molecular weight is 424 g/mol. The molecule has 2 aromatic carbocycles. The summed E-state index contributed by atoms with van der Waals surface area (Å²) in [7, 11) is 2.09. The zero-order chi connectivity index (χ0) is 20.8. The maximum Gasteiger partial charge on any atom is 0.119 e. The van der Waals surface area contributed by atoms with E-state index in [-0.39, 0.29) is 0 Å². The van der Waals surface area contributed by atoms with Crippen LogP contribution in [0.4, 0.5) is 0 Å². The number of benzene rings is 2. The smallest absolute Gasteiger partial charge is 0.119 e. The third-order valence-corrected chi connectivity index (χ3v) is 6.13. The fourth-order valence-electron chi connectivity index (χ4n) is 3.92. The Morgan fingerprint density at radius 2 is 2.03 bits per heavy atom. The maximum atomic E-state index is 10.5. The van der Waals surface area contributed by atoms with Crippen molar-refractivity contribution in [3.63, 3.8) is 0 Å². The van der Waals surface area contributed by atoms with Gasteiger partial charge in [-0.05, 0) is 42.3 Å². The molecule has 0 radical (unpaired) electrons. The number of hydrogen-bond donors (Lipinski definition) is 1. The van der Waals surface area contributed by atoms with E-state index < -0.39 is 6.10 Å². The largest absolute Gasteiger partial charge is 0.491 e. The Morgan fingerprint density at radius 3 is 2.87 bits per heavy atom. The highest BCUT2D eigenvalue weighted by Gasteiger charge is 2.18. The van der Waals surface area contributed by atoms with Crippen LogP contribution in [0.5, 0.6) is 5.75 Å². The van der Waals surface area contributed by atoms with E-state index in [2.05, 4.69) is 58.2 Å². The molecule has 0 saturated carbocycles. The van der Waals surface area contributed by atoms with Gasteiger partial charge in [-0.2, -0.15) is 0 Å². The molecule has 5 nitrogen and oxygen atoms in total. The van der Waals surface area contributed by atoms with E-state index in [0.717, 1.165) is 43.4 Å². The Balaban J connectivity index is 1.24. The van der Waals surface area contributed by atoms with E-state index in [1.165, 1.54) is 16.7 Å². The lowest BCUT2D eigenvalue weighted by Gasteiger charge is -2.30. The minimum Gasteiger partial charge on any atom is -0.491 e. The molecule has 0 aliphatic carbocycles. The highest BCUT2D eigenvalue weighted by Crippen LogP contribution is 2.19. The van der Waals surface area contributed by atoms with Crippen LogP contribution in [-0.2, 0) is 26.1 Å². The lowest BCUT2D eigenvalue weighted by molar-refractivity contribution is 0.0637. The summed E-state index contributed by atoms with van der Waals surface area (Å²) in [6.45, 7) is 4.47. The predicted molar refractivity (Wildman–Crippen MR) is 121 cm³/mol. The monoisotopic (exact) mass is 423 g/mol. The maximum absolute atomic E-state index is 10.5. The number of hydrogen-bond acceptors (Lipinski definition) is 6. The van der Waals surface area contributed by atoms with Crippen molar-refractivity contribution in [2.24, 2.45) is 0 Å². The van der Waals surface area contributed by atoms with Crippen LogP contribution in [0.3, 0.4) is 0 Å². The molecule has 0 unspecified atom stereocenters. The van der Waals surface area contributed by atoms with Crippen molar-refractivity contribution < 1.29 is 9.84 Å². The molecule has 4 rings (SSSR count). The lowest BCUT2D eigenvalue weighted by atomic mass is 10.00. The van der Waals surface area contributed by atoms with E-state index in [9.17, 15) is 5.11 Å². The fourth-order valence-corrected chi connectivity index (χ4v) is 4.61. The summed E-state index contributed by atoms with van der Waals surface area (Å²) in [5.41, 5.74) is 3.98. The van der Waals surface area contributed by atoms with Crippen LogP contribution in [0.2, 0.25) is 0 Å². The summed E-state index contributed by atoms with van der Waals surface area (Å²) in [6.07, 6.45) is 2.38. The van der Waals surface area contributed by atoms with Gasteiger partial charge >= 0.3 is 0 Å². The normalized spacial score (nSPS) is 15.2. The van der Waals surface area contributed by atoms with Crippen LogP contribution < -0.4 is 4.74 Å². The molecule has 1 aliphatic heterocycles. The van der Waals surface area contributed by atoms with Gasteiger partial charge in [0.05, 0.1) is 6.54 Å². The van der Waals surface area contributed by atoms with Gasteiger partial charge in [-0.15, -0.1) is 11.3 Å². The van der Waals surface area contributed by atoms with Gasteiger partial charge in [0.2, 0.25) is 0 Å². The third-order valence-electron chi connectivity index (χ3n) is 5.36. The highest BCUT2D eigenvalue weighted by molar-refractivity contribution is 7.09. The number of thiazole rings is 1. The predicted octanol–water partition coefficient (Wildman–Crippen LogP) is 3.57. The number of rotatable bonds is 9. The van der Waals surface area contributed by atoms with Crippen molar-refractivity contribution in [2.75, 3.05) is 26.7 Å². The fraction of sp³-hybridized carbons (Fsp3) is 0.375. The molecule has 6 heteroatoms. The van der Waals surface area contributed by atoms with Crippen molar-refractivity contribution in [2.45, 2.75) is 32.2 Å². The molecule has 0 spiro atoms. The van der Waals surface area contributed by atoms with Crippen LogP contribution in [0, 0.1) is 0 Å². The van der Waals surface area contributed by atoms with Gasteiger partial charge in [0, 0.05) is 37.8 Å². The molecule has 0 saturated heterocycles. The molecule has 1 atom stereocenters. The van der Waals surface area contributed by atoms with Gasteiger partial charge in [0.1, 0.15) is 23.5 Å². The van der Waals surface area contributed by atoms with Gasteiger partial charge in [0.15, 0.2) is 0 Å². The van der Waals surface area contributed by atoms with Crippen LogP contribution in [-0.4, -0.2) is 52.7 Å². The molecule has 30 heavy (non-hydrogen) atoms. The van der Waals surface area contributed by atoms with Gasteiger partial charge in [-0.25, -0.2) is 4.98 Å². The van der Waals surface area contributed by atoms with Crippen LogP contribution in [0.1, 0.15) is 21.7 Å². The SMILES string of the molecule is CN(Cc1cccc(OC[C@H](O)CN2CCc3ccccc3C2)c1)Cc1nccs1. The average Bonchev–Trinajstić information content (AvgIpc) is 3.25. The lowest BCUT2D eigenvalue weighted by Crippen LogP contribution is -2.38. The van der Waals surface area contributed by atoms with E-state index in [0.29, 0.717) is 13.2 Å². The highest BCUT2D eigenvalue weighted by atomic mass is 32.1. The summed E-state index contributed by atoms with van der Waals surface area (Å²) < 4.78 is 5.90. The Bertz CT molecular complexity index is 932. The molecule has 158 valence electrons. The second kappa shape index (κ2) is 10.2. The third kappa shape index (κ3) is 5.89. The van der Waals surface area contributed by atoms with Crippen LogP contribution in [0.25, 0.3) is 0 Å². The first-order valence-corrected chi connectivity index (χ1v) is 11.3. The second-order valence-electron chi connectivity index (χ2n) is 7.96. The molecule has 0 amide bonds. The molecule has 1 aromatic heterocycles. The molecule has 1 aliphatic rings. The molecular weight excluding hydrogens is 394 g/mol. The number of fused-ring (bicyclic) bond motifs is 1. The first-order valence-electron chi connectivity index (χ1n) is 10.4. The molecule has 1 N–H and O–H groups in total. The summed E-state index contributed by atoms with van der Waals surface area (Å²) in [6, 6.07) is 16.7. The van der Waals surface area contributed by atoms with E-state index in [1.807, 2.05) is 23.7 Å². The van der Waals surface area contributed by atoms with Gasteiger partial charge in [-0.1, -0.05) is 36.4 Å². The zero-order valence-corrected chi connectivity index (χ0v) is 18.2. The van der Waals surface area contributed by atoms with Crippen LogP contribution in [0.15, 0.2) is 60.1 Å². The van der Waals surface area contributed by atoms with Crippen molar-refractivity contribution in [3.05, 3.63) is 81.8 Å². The molecular formula is C24H29N3O2S. The minimum absolute atomic E-state index is 0.302. The Labute approximate surface area is 182 Å². The van der Waals surface area contributed by atoms with Crippen molar-refractivity contribution in [3.8, 4) is 5.75 Å². The first-order chi connectivity index (χ1) is 14.7. The van der Waals surface area contributed by atoms with Gasteiger partial charge < -0.3 is 9.84 Å². The van der Waals surface area contributed by atoms with Crippen molar-refractivity contribution in [1.29, 1.82) is 0 Å². The van der Waals surface area contributed by atoms with E-state index in [4.69, 9.17) is 4.74 Å². The van der Waals surface area contributed by atoms with Crippen molar-refractivity contribution >= 4 is 11.3 Å². The molecule has 0 bridgehead atoms. The molecule has 3 aromatic rings. The van der Waals surface area contributed by atoms with Crippen LogP contribution >= 0.6 is 11.3 Å². The second-order valence-corrected chi connectivity index (χ2v) is 8.94. The quantitative estimate of drug-likeness (QED) is 0.570. The number of aromatic nitrogens is 1. The number of aliphatic hydroxyl groups is 1. The minimum atomic E-state index is -0.508. The topological polar surface area (TPSA) is 48.8 Å². The Morgan fingerprint density at radius 1 is 1.17 bits per heavy atom. The summed E-state index contributed by atoms with van der Waals surface area (Å²) in [4.78, 5) is 8.89. The van der Waals surface area contributed by atoms with Crippen molar-refractivity contribution in [1.82, 2.24) is 14.8 Å². The first kappa shape index (κ1) is 21.0. The van der Waals surface area contributed by atoms with E-state index in [1.54, 1.807) is 11.3 Å². The van der Waals surface area contributed by atoms with E-state index >= 15 is 0 Å². The summed E-state index contributed by atoms with van der Waals surface area (Å²) in [5.74, 6) is 0.804. The zero-order valence-electron chi connectivity index (χ0n) is 17.4. The number of nitrogens with zero attached hydrogens (tertiary/aromatic N) is 3. The molecule has 0 fully saturated rings. The standard InChI is InChI=1S/C24H29N3O2S/c1-26(17-24-25-10-12-30-24)14-19-5-4-8-23(13-19)29-18-22(28)16-27-11-9-20-6-2-3-7-21(20)15-27/h2-8,10,12-13,22,28H,9,11,14-18H2,1H3/t22-/m1/s1. The Kier molecular flexibility index (Phi) is 7.12.